The molecule has 0 fully saturated rings. The summed E-state index contributed by atoms with van der Waals surface area (Å²) in [7, 11) is 0.937. The zero-order chi connectivity index (χ0) is 18.1. The molecule has 1 heterocycles. The number of hydrogen-bond donors (Lipinski definition) is 1. The van der Waals surface area contributed by atoms with Gasteiger partial charge in [-0.2, -0.15) is 13.2 Å². The molecule has 0 aliphatic heterocycles. The van der Waals surface area contributed by atoms with Crippen LogP contribution >= 0.6 is 11.6 Å². The number of carbonyl (C=O) groups is 1. The lowest BCUT2D eigenvalue weighted by Crippen LogP contribution is -2.32. The van der Waals surface area contributed by atoms with Crippen molar-refractivity contribution in [3.63, 3.8) is 0 Å². The number of alkyl halides is 3. The molecule has 0 aliphatic carbocycles. The Hall–Kier alpha value is -2.36. The average molecular weight is 367 g/mol. The first-order valence-electron chi connectivity index (χ1n) is 6.56. The van der Waals surface area contributed by atoms with E-state index in [2.05, 4.69) is 10.4 Å². The van der Waals surface area contributed by atoms with Crippen LogP contribution < -0.4 is 11.0 Å². The third-order valence-corrected chi connectivity index (χ3v) is 3.41. The van der Waals surface area contributed by atoms with Gasteiger partial charge in [-0.05, 0) is 12.1 Å². The van der Waals surface area contributed by atoms with Gasteiger partial charge in [0.2, 0.25) is 5.82 Å². The van der Waals surface area contributed by atoms with E-state index in [4.69, 9.17) is 11.6 Å². The van der Waals surface area contributed by atoms with E-state index in [-0.39, 0.29) is 23.7 Å². The van der Waals surface area contributed by atoms with Crippen molar-refractivity contribution in [3.8, 4) is 0 Å². The van der Waals surface area contributed by atoms with E-state index >= 15 is 0 Å². The number of benzene rings is 1. The van der Waals surface area contributed by atoms with Crippen molar-refractivity contribution in [1.29, 1.82) is 0 Å². The highest BCUT2D eigenvalue weighted by Crippen LogP contribution is 2.25. The molecule has 2 rings (SSSR count). The Morgan fingerprint density at radius 2 is 2.04 bits per heavy atom. The number of aromatic nitrogens is 3. The zero-order valence-electron chi connectivity index (χ0n) is 12.2. The van der Waals surface area contributed by atoms with E-state index in [1.54, 1.807) is 0 Å². The van der Waals surface area contributed by atoms with Gasteiger partial charge < -0.3 is 5.32 Å². The molecule has 0 spiro atoms. The third-order valence-electron chi connectivity index (χ3n) is 3.09. The molecule has 24 heavy (non-hydrogen) atoms. The molecule has 130 valence electrons. The van der Waals surface area contributed by atoms with Crippen molar-refractivity contribution in [3.05, 3.63) is 50.9 Å². The Labute approximate surface area is 137 Å². The maximum absolute atomic E-state index is 13.6. The molecule has 1 aromatic heterocycles. The van der Waals surface area contributed by atoms with Gasteiger partial charge in [0.15, 0.2) is 0 Å². The van der Waals surface area contributed by atoms with Crippen molar-refractivity contribution in [2.45, 2.75) is 12.7 Å². The smallest absolute Gasteiger partial charge is 0.350 e. The monoisotopic (exact) mass is 366 g/mol. The summed E-state index contributed by atoms with van der Waals surface area (Å²) in [6, 6.07) is 3.68. The summed E-state index contributed by atoms with van der Waals surface area (Å²) < 4.78 is 52.4. The van der Waals surface area contributed by atoms with Crippen LogP contribution in [-0.4, -0.2) is 26.8 Å². The topological polar surface area (TPSA) is 68.9 Å². The molecule has 1 N–H and O–H groups in total. The Kier molecular flexibility index (Phi) is 4.97. The third kappa shape index (κ3) is 3.58. The van der Waals surface area contributed by atoms with E-state index in [9.17, 15) is 27.2 Å². The summed E-state index contributed by atoms with van der Waals surface area (Å²) in [6.07, 6.45) is -4.77. The normalized spacial score (nSPS) is 11.6. The van der Waals surface area contributed by atoms with Crippen LogP contribution in [0, 0.1) is 5.82 Å². The van der Waals surface area contributed by atoms with Gasteiger partial charge in [0.05, 0.1) is 17.1 Å². The molecule has 1 amide bonds. The van der Waals surface area contributed by atoms with E-state index in [1.807, 2.05) is 0 Å². The molecule has 0 saturated heterocycles. The number of nitrogens with one attached hydrogen (secondary N) is 1. The van der Waals surface area contributed by atoms with E-state index < -0.39 is 29.4 Å². The first-order chi connectivity index (χ1) is 11.1. The maximum atomic E-state index is 13.6. The molecule has 0 aliphatic rings. The summed E-state index contributed by atoms with van der Waals surface area (Å²) in [4.78, 5) is 23.5. The van der Waals surface area contributed by atoms with Crippen LogP contribution in [0.25, 0.3) is 0 Å². The van der Waals surface area contributed by atoms with Gasteiger partial charge in [-0.15, -0.1) is 5.10 Å². The highest BCUT2D eigenvalue weighted by molar-refractivity contribution is 6.33. The first kappa shape index (κ1) is 18.0. The molecule has 0 atom stereocenters. The van der Waals surface area contributed by atoms with Gasteiger partial charge >= 0.3 is 11.9 Å². The first-order valence-corrected chi connectivity index (χ1v) is 6.94. The summed E-state index contributed by atoms with van der Waals surface area (Å²) >= 11 is 5.72. The molecule has 0 radical (unpaired) electrons. The molecular formula is C13H11ClF4N4O2. The molecule has 6 nitrogen and oxygen atoms in total. The van der Waals surface area contributed by atoms with Crippen LogP contribution in [0.2, 0.25) is 5.02 Å². The predicted molar refractivity (Wildman–Crippen MR) is 76.2 cm³/mol. The quantitative estimate of drug-likeness (QED) is 0.839. The molecule has 1 aromatic carbocycles. The van der Waals surface area contributed by atoms with E-state index in [0.29, 0.717) is 9.25 Å². The van der Waals surface area contributed by atoms with Crippen LogP contribution in [0.3, 0.4) is 0 Å². The molecule has 0 saturated carbocycles. The minimum Gasteiger partial charge on any atom is -0.350 e. The summed E-state index contributed by atoms with van der Waals surface area (Å²) in [5.74, 6) is -3.04. The minimum atomic E-state index is -4.77. The maximum Gasteiger partial charge on any atom is 0.451 e. The number of carbonyl (C=O) groups excluding carboxylic acids is 1. The summed E-state index contributed by atoms with van der Waals surface area (Å²) in [5.41, 5.74) is -1.37. The van der Waals surface area contributed by atoms with Crippen LogP contribution in [0.5, 0.6) is 0 Å². The van der Waals surface area contributed by atoms with Crippen LogP contribution in [-0.2, 0) is 19.8 Å². The fourth-order valence-corrected chi connectivity index (χ4v) is 2.21. The van der Waals surface area contributed by atoms with Gasteiger partial charge in [-0.1, -0.05) is 17.7 Å². The van der Waals surface area contributed by atoms with Gasteiger partial charge in [0, 0.05) is 13.6 Å². The Bertz CT molecular complexity index is 808. The zero-order valence-corrected chi connectivity index (χ0v) is 13.0. The van der Waals surface area contributed by atoms with Crippen LogP contribution in [0.4, 0.5) is 17.6 Å². The largest absolute Gasteiger partial charge is 0.451 e. The van der Waals surface area contributed by atoms with Crippen LogP contribution in [0.15, 0.2) is 23.0 Å². The SMILES string of the molecule is Cn1c(C(F)(F)F)nn(CCNC(=O)c2c(F)cccc2Cl)c1=O. The van der Waals surface area contributed by atoms with E-state index in [0.717, 1.165) is 13.1 Å². The molecular weight excluding hydrogens is 356 g/mol. The van der Waals surface area contributed by atoms with Crippen molar-refractivity contribution in [1.82, 2.24) is 19.7 Å². The summed E-state index contributed by atoms with van der Waals surface area (Å²) in [5, 5.41) is 5.34. The van der Waals surface area contributed by atoms with Crippen molar-refractivity contribution in [2.24, 2.45) is 7.05 Å². The van der Waals surface area contributed by atoms with Crippen molar-refractivity contribution < 1.29 is 22.4 Å². The number of hydrogen-bond acceptors (Lipinski definition) is 3. The second-order valence-corrected chi connectivity index (χ2v) is 5.15. The lowest BCUT2D eigenvalue weighted by molar-refractivity contribution is -0.147. The second-order valence-electron chi connectivity index (χ2n) is 4.74. The lowest BCUT2D eigenvalue weighted by atomic mass is 10.2. The van der Waals surface area contributed by atoms with Gasteiger partial charge in [-0.3, -0.25) is 9.36 Å². The number of rotatable bonds is 4. The lowest BCUT2D eigenvalue weighted by Gasteiger charge is -2.07. The molecule has 11 heteroatoms. The minimum absolute atomic E-state index is 0.109. The van der Waals surface area contributed by atoms with Crippen LogP contribution in [0.1, 0.15) is 16.2 Å². The summed E-state index contributed by atoms with van der Waals surface area (Å²) in [6.45, 7) is -0.557. The Morgan fingerprint density at radius 3 is 2.58 bits per heavy atom. The van der Waals surface area contributed by atoms with Crippen molar-refractivity contribution in [2.75, 3.05) is 6.54 Å². The Morgan fingerprint density at radius 1 is 1.38 bits per heavy atom. The predicted octanol–water partition coefficient (Wildman–Crippen LogP) is 1.82. The fraction of sp³-hybridized carbons (Fsp3) is 0.308. The second kappa shape index (κ2) is 6.63. The molecule has 0 bridgehead atoms. The average Bonchev–Trinajstić information content (AvgIpc) is 2.75. The molecule has 2 aromatic rings. The van der Waals surface area contributed by atoms with Gasteiger partial charge in [0.25, 0.3) is 5.91 Å². The molecule has 0 unspecified atom stereocenters. The Balaban J connectivity index is 2.08. The van der Waals surface area contributed by atoms with Gasteiger partial charge in [-0.25, -0.2) is 13.9 Å². The highest BCUT2D eigenvalue weighted by Gasteiger charge is 2.37. The van der Waals surface area contributed by atoms with Crippen molar-refractivity contribution >= 4 is 17.5 Å². The highest BCUT2D eigenvalue weighted by atomic mass is 35.5. The number of halogens is 5. The van der Waals surface area contributed by atoms with E-state index in [1.165, 1.54) is 12.1 Å². The standard InChI is InChI=1S/C13H11ClF4N4O2/c1-21-11(13(16,17)18)20-22(12(21)24)6-5-19-10(23)9-7(14)3-2-4-8(9)15/h2-4H,5-6H2,1H3,(H,19,23). The van der Waals surface area contributed by atoms with Gasteiger partial charge in [0.1, 0.15) is 5.82 Å². The number of nitrogens with zero attached hydrogens (tertiary/aromatic N) is 3. The fourth-order valence-electron chi connectivity index (χ4n) is 1.96. The number of amides is 1.